The number of ether oxygens (including phenoxy) is 2. The third-order valence-corrected chi connectivity index (χ3v) is 3.91. The van der Waals surface area contributed by atoms with Gasteiger partial charge in [0.2, 0.25) is 0 Å². The maximum absolute atomic E-state index is 12.2. The van der Waals surface area contributed by atoms with E-state index in [4.69, 9.17) is 21.1 Å². The lowest BCUT2D eigenvalue weighted by Gasteiger charge is -2.15. The molecule has 2 aromatic carbocycles. The van der Waals surface area contributed by atoms with Crippen molar-refractivity contribution in [1.29, 1.82) is 0 Å². The summed E-state index contributed by atoms with van der Waals surface area (Å²) in [6.45, 7) is 1.49. The van der Waals surface area contributed by atoms with E-state index < -0.39 is 18.0 Å². The first-order valence-electron chi connectivity index (χ1n) is 7.01. The molecule has 0 aliphatic rings. The lowest BCUT2D eigenvalue weighted by molar-refractivity contribution is -0.123. The first kappa shape index (κ1) is 18.3. The van der Waals surface area contributed by atoms with Gasteiger partial charge < -0.3 is 14.8 Å². The fourth-order valence-corrected chi connectivity index (χ4v) is 2.33. The van der Waals surface area contributed by atoms with Crippen LogP contribution in [0.3, 0.4) is 0 Å². The smallest absolute Gasteiger partial charge is 0.342 e. The van der Waals surface area contributed by atoms with Crippen molar-refractivity contribution in [3.8, 4) is 5.75 Å². The highest BCUT2D eigenvalue weighted by Gasteiger charge is 2.21. The maximum atomic E-state index is 12.2. The van der Waals surface area contributed by atoms with Gasteiger partial charge in [0, 0.05) is 15.2 Å². The molecule has 1 atom stereocenters. The highest BCUT2D eigenvalue weighted by molar-refractivity contribution is 9.10. The number of anilines is 1. The van der Waals surface area contributed by atoms with Crippen molar-refractivity contribution in [1.82, 2.24) is 0 Å². The zero-order chi connectivity index (χ0) is 17.7. The quantitative estimate of drug-likeness (QED) is 0.744. The van der Waals surface area contributed by atoms with Gasteiger partial charge in [-0.3, -0.25) is 4.79 Å². The van der Waals surface area contributed by atoms with Crippen LogP contribution in [0, 0.1) is 0 Å². The third-order valence-electron chi connectivity index (χ3n) is 3.15. The Balaban J connectivity index is 2.04. The second kappa shape index (κ2) is 8.17. The molecule has 5 nitrogen and oxygen atoms in total. The minimum absolute atomic E-state index is 0.160. The monoisotopic (exact) mass is 411 g/mol. The van der Waals surface area contributed by atoms with Crippen LogP contribution in [0.4, 0.5) is 5.69 Å². The van der Waals surface area contributed by atoms with Crippen molar-refractivity contribution in [3.63, 3.8) is 0 Å². The fourth-order valence-electron chi connectivity index (χ4n) is 1.89. The van der Waals surface area contributed by atoms with Crippen LogP contribution in [0.2, 0.25) is 5.02 Å². The van der Waals surface area contributed by atoms with E-state index in [1.807, 2.05) is 0 Å². The molecule has 0 saturated carbocycles. The minimum Gasteiger partial charge on any atom is -0.496 e. The van der Waals surface area contributed by atoms with E-state index in [9.17, 15) is 9.59 Å². The lowest BCUT2D eigenvalue weighted by Crippen LogP contribution is -2.30. The molecule has 0 fully saturated rings. The number of hydrogen-bond donors (Lipinski definition) is 1. The number of methoxy groups -OCH3 is 1. The third kappa shape index (κ3) is 4.72. The molecule has 1 unspecified atom stereocenters. The Morgan fingerprint density at radius 3 is 2.46 bits per heavy atom. The molecule has 0 radical (unpaired) electrons. The Kier molecular flexibility index (Phi) is 6.23. The molecule has 0 spiro atoms. The van der Waals surface area contributed by atoms with Gasteiger partial charge >= 0.3 is 5.97 Å². The topological polar surface area (TPSA) is 64.6 Å². The fraction of sp³-hybridized carbons (Fsp3) is 0.176. The molecule has 0 aliphatic carbocycles. The molecular formula is C17H15BrClNO4. The predicted octanol–water partition coefficient (Wildman–Crippen LogP) is 4.30. The van der Waals surface area contributed by atoms with Crippen LogP contribution in [0.15, 0.2) is 46.9 Å². The van der Waals surface area contributed by atoms with Crippen molar-refractivity contribution in [2.45, 2.75) is 13.0 Å². The minimum atomic E-state index is -0.982. The summed E-state index contributed by atoms with van der Waals surface area (Å²) >= 11 is 9.20. The van der Waals surface area contributed by atoms with E-state index in [0.29, 0.717) is 16.5 Å². The summed E-state index contributed by atoms with van der Waals surface area (Å²) in [7, 11) is 1.43. The molecule has 0 saturated heterocycles. The molecular weight excluding hydrogens is 398 g/mol. The average molecular weight is 413 g/mol. The van der Waals surface area contributed by atoms with Crippen molar-refractivity contribution >= 4 is 45.1 Å². The molecule has 0 aromatic heterocycles. The molecule has 24 heavy (non-hydrogen) atoms. The molecule has 0 aliphatic heterocycles. The molecule has 1 amide bonds. The first-order chi connectivity index (χ1) is 11.4. The Hall–Kier alpha value is -2.05. The molecule has 2 rings (SSSR count). The normalized spacial score (nSPS) is 11.5. The Bertz CT molecular complexity index is 749. The number of amides is 1. The second-order valence-corrected chi connectivity index (χ2v) is 6.24. The van der Waals surface area contributed by atoms with Crippen LogP contribution < -0.4 is 10.1 Å². The van der Waals surface area contributed by atoms with Crippen LogP contribution in [0.25, 0.3) is 0 Å². The number of halogens is 2. The van der Waals surface area contributed by atoms with Crippen LogP contribution in [0.5, 0.6) is 5.75 Å². The zero-order valence-electron chi connectivity index (χ0n) is 13.0. The van der Waals surface area contributed by atoms with Gasteiger partial charge in [-0.15, -0.1) is 0 Å². The van der Waals surface area contributed by atoms with Crippen molar-refractivity contribution in [2.24, 2.45) is 0 Å². The van der Waals surface area contributed by atoms with E-state index in [1.165, 1.54) is 20.1 Å². The first-order valence-corrected chi connectivity index (χ1v) is 8.18. The number of hydrogen-bond acceptors (Lipinski definition) is 4. The highest BCUT2D eigenvalue weighted by Crippen LogP contribution is 2.24. The summed E-state index contributed by atoms with van der Waals surface area (Å²) in [4.78, 5) is 24.4. The zero-order valence-corrected chi connectivity index (χ0v) is 15.3. The van der Waals surface area contributed by atoms with E-state index in [2.05, 4.69) is 21.2 Å². The summed E-state index contributed by atoms with van der Waals surface area (Å²) in [5, 5.41) is 3.04. The van der Waals surface area contributed by atoms with Crippen LogP contribution in [-0.2, 0) is 9.53 Å². The Labute approximate surface area is 153 Å². The van der Waals surface area contributed by atoms with Gasteiger partial charge in [0.1, 0.15) is 11.3 Å². The summed E-state index contributed by atoms with van der Waals surface area (Å²) in [6.07, 6.45) is -0.982. The van der Waals surface area contributed by atoms with E-state index in [0.717, 1.165) is 4.47 Å². The number of rotatable bonds is 5. The Morgan fingerprint density at radius 2 is 1.83 bits per heavy atom. The number of benzene rings is 2. The van der Waals surface area contributed by atoms with Gasteiger partial charge in [-0.1, -0.05) is 27.5 Å². The lowest BCUT2D eigenvalue weighted by atomic mass is 10.2. The molecule has 0 bridgehead atoms. The van der Waals surface area contributed by atoms with Crippen molar-refractivity contribution < 1.29 is 19.1 Å². The number of nitrogens with one attached hydrogen (secondary N) is 1. The van der Waals surface area contributed by atoms with Crippen LogP contribution >= 0.6 is 27.5 Å². The van der Waals surface area contributed by atoms with Gasteiger partial charge in [-0.25, -0.2) is 4.79 Å². The van der Waals surface area contributed by atoms with E-state index in [-0.39, 0.29) is 5.56 Å². The highest BCUT2D eigenvalue weighted by atomic mass is 79.9. The van der Waals surface area contributed by atoms with Gasteiger partial charge in [-0.2, -0.15) is 0 Å². The summed E-state index contributed by atoms with van der Waals surface area (Å²) in [5.41, 5.74) is 0.764. The summed E-state index contributed by atoms with van der Waals surface area (Å²) in [6, 6.07) is 11.6. The van der Waals surface area contributed by atoms with E-state index in [1.54, 1.807) is 36.4 Å². The van der Waals surface area contributed by atoms with Crippen LogP contribution in [-0.4, -0.2) is 25.1 Å². The standard InChI is InChI=1S/C17H15BrClNO4/c1-10(16(21)20-13-6-3-11(18)4-7-13)24-17(22)14-9-12(19)5-8-15(14)23-2/h3-10H,1-2H3,(H,20,21). The van der Waals surface area contributed by atoms with Gasteiger partial charge in [0.05, 0.1) is 7.11 Å². The maximum Gasteiger partial charge on any atom is 0.342 e. The Morgan fingerprint density at radius 1 is 1.17 bits per heavy atom. The molecule has 0 heterocycles. The summed E-state index contributed by atoms with van der Waals surface area (Å²) in [5.74, 6) is -0.801. The number of esters is 1. The van der Waals surface area contributed by atoms with Gasteiger partial charge in [-0.05, 0) is 49.4 Å². The second-order valence-electron chi connectivity index (χ2n) is 4.89. The van der Waals surface area contributed by atoms with E-state index >= 15 is 0 Å². The SMILES string of the molecule is COc1ccc(Cl)cc1C(=O)OC(C)C(=O)Nc1ccc(Br)cc1. The average Bonchev–Trinajstić information content (AvgIpc) is 2.56. The van der Waals surface area contributed by atoms with Crippen molar-refractivity contribution in [3.05, 3.63) is 57.5 Å². The molecule has 2 aromatic rings. The number of carbonyl (C=O) groups excluding carboxylic acids is 2. The van der Waals surface area contributed by atoms with Crippen molar-refractivity contribution in [2.75, 3.05) is 12.4 Å². The summed E-state index contributed by atoms with van der Waals surface area (Å²) < 4.78 is 11.2. The molecule has 1 N–H and O–H groups in total. The largest absolute Gasteiger partial charge is 0.496 e. The van der Waals surface area contributed by atoms with Crippen LogP contribution in [0.1, 0.15) is 17.3 Å². The van der Waals surface area contributed by atoms with Gasteiger partial charge in [0.25, 0.3) is 5.91 Å². The molecule has 126 valence electrons. The molecule has 7 heteroatoms. The predicted molar refractivity (Wildman–Crippen MR) is 95.7 cm³/mol. The number of carbonyl (C=O) groups is 2. The van der Waals surface area contributed by atoms with Gasteiger partial charge in [0.15, 0.2) is 6.10 Å².